The largest absolute Gasteiger partial charge is 0.512 e. The van der Waals surface area contributed by atoms with Gasteiger partial charge in [0, 0.05) is 11.8 Å². The van der Waals surface area contributed by atoms with Crippen molar-refractivity contribution in [2.75, 3.05) is 6.61 Å². The van der Waals surface area contributed by atoms with Crippen molar-refractivity contribution in [1.82, 2.24) is 9.97 Å². The summed E-state index contributed by atoms with van der Waals surface area (Å²) in [6.07, 6.45) is 0. The van der Waals surface area contributed by atoms with Crippen molar-refractivity contribution in [3.63, 3.8) is 0 Å². The zero-order valence-electron chi connectivity index (χ0n) is 9.90. The van der Waals surface area contributed by atoms with Crippen LogP contribution in [0.3, 0.4) is 0 Å². The van der Waals surface area contributed by atoms with Crippen LogP contribution in [0.2, 0.25) is 0 Å². The van der Waals surface area contributed by atoms with Crippen molar-refractivity contribution < 1.29 is 14.6 Å². The Morgan fingerprint density at radius 3 is 2.71 bits per heavy atom. The summed E-state index contributed by atoms with van der Waals surface area (Å²) in [5.41, 5.74) is -0.0741. The second-order valence-electron chi connectivity index (χ2n) is 3.42. The molecule has 0 radical (unpaired) electrons. The first-order valence-electron chi connectivity index (χ1n) is 5.11. The van der Waals surface area contributed by atoms with Gasteiger partial charge in [0.2, 0.25) is 0 Å². The highest BCUT2D eigenvalue weighted by Gasteiger charge is 2.19. The van der Waals surface area contributed by atoms with E-state index in [1.165, 1.54) is 13.0 Å². The normalized spacial score (nSPS) is 11.9. The summed E-state index contributed by atoms with van der Waals surface area (Å²) in [7, 11) is 0. The van der Waals surface area contributed by atoms with E-state index in [1.807, 2.05) is 0 Å². The molecule has 0 aliphatic rings. The maximum atomic E-state index is 11.6. The lowest BCUT2D eigenvalue weighted by atomic mass is 10.2. The van der Waals surface area contributed by atoms with Gasteiger partial charge >= 0.3 is 5.97 Å². The van der Waals surface area contributed by atoms with E-state index in [2.05, 4.69) is 9.97 Å². The van der Waals surface area contributed by atoms with Crippen molar-refractivity contribution in [3.8, 4) is 0 Å². The van der Waals surface area contributed by atoms with Crippen LogP contribution in [-0.4, -0.2) is 27.7 Å². The van der Waals surface area contributed by atoms with E-state index in [-0.39, 0.29) is 23.8 Å². The fraction of sp³-hybridized carbons (Fsp3) is 0.364. The third kappa shape index (κ3) is 3.17. The van der Waals surface area contributed by atoms with E-state index in [4.69, 9.17) is 4.74 Å². The van der Waals surface area contributed by atoms with E-state index in [9.17, 15) is 14.7 Å². The van der Waals surface area contributed by atoms with Crippen LogP contribution in [0, 0.1) is 6.92 Å². The van der Waals surface area contributed by atoms with Gasteiger partial charge in [-0.05, 0) is 20.8 Å². The average molecular weight is 238 g/mol. The summed E-state index contributed by atoms with van der Waals surface area (Å²) < 4.78 is 4.78. The molecule has 0 unspecified atom stereocenters. The predicted molar refractivity (Wildman–Crippen MR) is 61.5 cm³/mol. The first-order chi connectivity index (χ1) is 7.95. The van der Waals surface area contributed by atoms with Crippen molar-refractivity contribution >= 4 is 11.5 Å². The monoisotopic (exact) mass is 238 g/mol. The molecule has 1 rings (SSSR count). The van der Waals surface area contributed by atoms with E-state index in [0.29, 0.717) is 5.69 Å². The van der Waals surface area contributed by atoms with E-state index in [1.54, 1.807) is 13.8 Å². The zero-order chi connectivity index (χ0) is 13.0. The number of hydrogen-bond acceptors (Lipinski definition) is 5. The molecule has 6 heteroatoms. The number of H-pyrrole nitrogens is 1. The summed E-state index contributed by atoms with van der Waals surface area (Å²) in [5, 5.41) is 9.46. The van der Waals surface area contributed by atoms with Gasteiger partial charge in [-0.1, -0.05) is 0 Å². The third-order valence-corrected chi connectivity index (χ3v) is 1.95. The van der Waals surface area contributed by atoms with Crippen LogP contribution in [0.1, 0.15) is 25.4 Å². The molecule has 0 saturated heterocycles. The number of nitrogens with zero attached hydrogens (tertiary/aromatic N) is 1. The number of hydrogen-bond donors (Lipinski definition) is 2. The van der Waals surface area contributed by atoms with Gasteiger partial charge in [0.1, 0.15) is 11.3 Å². The highest BCUT2D eigenvalue weighted by atomic mass is 16.5. The Balaban J connectivity index is 3.30. The molecule has 1 aromatic heterocycles. The lowest BCUT2D eigenvalue weighted by Gasteiger charge is -2.07. The number of aliphatic hydroxyl groups excluding tert-OH is 1. The third-order valence-electron chi connectivity index (χ3n) is 1.95. The van der Waals surface area contributed by atoms with Gasteiger partial charge in [-0.25, -0.2) is 9.78 Å². The Hall–Kier alpha value is -2.11. The number of ether oxygens (including phenoxy) is 1. The standard InChI is InChI=1S/C11H14N2O4/c1-4-17-11(16)9(7(3)14)10-12-6(2)5-8(15)13-10/h5,14H,4H2,1-3H3,(H,12,13,15)/b9-7+. The Morgan fingerprint density at radius 2 is 2.24 bits per heavy atom. The summed E-state index contributed by atoms with van der Waals surface area (Å²) in [4.78, 5) is 29.2. The van der Waals surface area contributed by atoms with Crippen LogP contribution in [0.5, 0.6) is 0 Å². The highest BCUT2D eigenvalue weighted by Crippen LogP contribution is 2.14. The molecule has 0 aliphatic heterocycles. The van der Waals surface area contributed by atoms with Gasteiger partial charge < -0.3 is 14.8 Å². The lowest BCUT2D eigenvalue weighted by molar-refractivity contribution is -0.136. The number of aromatic nitrogens is 2. The van der Waals surface area contributed by atoms with Gasteiger partial charge in [0.15, 0.2) is 5.82 Å². The Bertz CT molecular complexity index is 512. The van der Waals surface area contributed by atoms with E-state index >= 15 is 0 Å². The van der Waals surface area contributed by atoms with Crippen molar-refractivity contribution in [3.05, 3.63) is 33.7 Å². The van der Waals surface area contributed by atoms with Gasteiger partial charge in [-0.2, -0.15) is 0 Å². The molecule has 0 fully saturated rings. The SMILES string of the molecule is CCOC(=O)/C(=C(\C)O)c1nc(C)cc(=O)[nH]1. The zero-order valence-corrected chi connectivity index (χ0v) is 9.90. The first kappa shape index (κ1) is 13.0. The van der Waals surface area contributed by atoms with E-state index in [0.717, 1.165) is 0 Å². The molecule has 0 amide bonds. The minimum atomic E-state index is -0.721. The molecule has 0 aromatic carbocycles. The van der Waals surface area contributed by atoms with Gasteiger partial charge in [-0.3, -0.25) is 4.79 Å². The first-order valence-corrected chi connectivity index (χ1v) is 5.11. The maximum absolute atomic E-state index is 11.6. The number of rotatable bonds is 3. The Kier molecular flexibility index (Phi) is 4.03. The van der Waals surface area contributed by atoms with Crippen LogP contribution in [0.25, 0.3) is 5.57 Å². The van der Waals surface area contributed by atoms with Gasteiger partial charge in [0.25, 0.3) is 5.56 Å². The topological polar surface area (TPSA) is 92.3 Å². The summed E-state index contributed by atoms with van der Waals surface area (Å²) in [6, 6.07) is 1.29. The Labute approximate surface area is 98.0 Å². The van der Waals surface area contributed by atoms with Crippen LogP contribution in [0.15, 0.2) is 16.6 Å². The smallest absolute Gasteiger partial charge is 0.345 e. The highest BCUT2D eigenvalue weighted by molar-refractivity contribution is 6.15. The second kappa shape index (κ2) is 5.29. The summed E-state index contributed by atoms with van der Waals surface area (Å²) in [6.45, 7) is 4.77. The molecular weight excluding hydrogens is 224 g/mol. The molecule has 0 atom stereocenters. The predicted octanol–water partition coefficient (Wildman–Crippen LogP) is 0.930. The second-order valence-corrected chi connectivity index (χ2v) is 3.42. The molecule has 0 aliphatic carbocycles. The fourth-order valence-corrected chi connectivity index (χ4v) is 1.32. The number of esters is 1. The maximum Gasteiger partial charge on any atom is 0.345 e. The molecule has 0 saturated carbocycles. The number of nitrogens with one attached hydrogen (secondary N) is 1. The molecule has 6 nitrogen and oxygen atoms in total. The van der Waals surface area contributed by atoms with Crippen LogP contribution in [-0.2, 0) is 9.53 Å². The minimum absolute atomic E-state index is 0.00782. The minimum Gasteiger partial charge on any atom is -0.512 e. The van der Waals surface area contributed by atoms with Crippen molar-refractivity contribution in [2.24, 2.45) is 0 Å². The van der Waals surface area contributed by atoms with Crippen LogP contribution < -0.4 is 5.56 Å². The number of carbonyl (C=O) groups is 1. The number of aromatic amines is 1. The molecule has 0 spiro atoms. The van der Waals surface area contributed by atoms with Crippen LogP contribution in [0.4, 0.5) is 0 Å². The molecule has 2 N–H and O–H groups in total. The van der Waals surface area contributed by atoms with Gasteiger partial charge in [0.05, 0.1) is 6.61 Å². The van der Waals surface area contributed by atoms with E-state index < -0.39 is 11.5 Å². The fourth-order valence-electron chi connectivity index (χ4n) is 1.32. The molecule has 17 heavy (non-hydrogen) atoms. The number of carbonyl (C=O) groups excluding carboxylic acids is 1. The van der Waals surface area contributed by atoms with Crippen molar-refractivity contribution in [1.29, 1.82) is 0 Å². The average Bonchev–Trinajstić information content (AvgIpc) is 2.15. The Morgan fingerprint density at radius 1 is 1.59 bits per heavy atom. The molecule has 92 valence electrons. The summed E-state index contributed by atoms with van der Waals surface area (Å²) >= 11 is 0. The molecule has 1 heterocycles. The quantitative estimate of drug-likeness (QED) is 0.464. The molecule has 1 aromatic rings. The number of aliphatic hydroxyl groups is 1. The van der Waals surface area contributed by atoms with Gasteiger partial charge in [-0.15, -0.1) is 0 Å². The molecular formula is C11H14N2O4. The summed E-state index contributed by atoms with van der Waals surface area (Å²) in [5.74, 6) is -0.966. The van der Waals surface area contributed by atoms with Crippen molar-refractivity contribution in [2.45, 2.75) is 20.8 Å². The lowest BCUT2D eigenvalue weighted by Crippen LogP contribution is -2.17. The number of aryl methyl sites for hydroxylation is 1. The van der Waals surface area contributed by atoms with Crippen LogP contribution >= 0.6 is 0 Å². The molecule has 0 bridgehead atoms. The number of allylic oxidation sites excluding steroid dienone is 1.